The van der Waals surface area contributed by atoms with Crippen molar-refractivity contribution in [1.29, 1.82) is 0 Å². The van der Waals surface area contributed by atoms with Crippen LogP contribution in [0.25, 0.3) is 0 Å². The summed E-state index contributed by atoms with van der Waals surface area (Å²) in [4.78, 5) is 12.1. The van der Waals surface area contributed by atoms with Gasteiger partial charge in [-0.1, -0.05) is 25.0 Å². The molecule has 0 amide bonds. The first-order chi connectivity index (χ1) is 9.16. The molecule has 1 aromatic rings. The van der Waals surface area contributed by atoms with Gasteiger partial charge in [0.05, 0.1) is 5.56 Å². The van der Waals surface area contributed by atoms with Crippen LogP contribution in [-0.4, -0.2) is 16.3 Å². The lowest BCUT2D eigenvalue weighted by Gasteiger charge is -2.15. The number of thioether (sulfide) groups is 1. The molecule has 1 atom stereocenters. The normalized spacial score (nSPS) is 21.4. The van der Waals surface area contributed by atoms with Gasteiger partial charge in [-0.05, 0) is 53.4 Å². The van der Waals surface area contributed by atoms with E-state index in [9.17, 15) is 4.79 Å². The van der Waals surface area contributed by atoms with Gasteiger partial charge >= 0.3 is 5.97 Å². The third-order valence-corrected chi connectivity index (χ3v) is 5.08. The SMILES string of the molecule is O=C(O)c1cc(SC2/C=C/CCCCC2)ccc1Br. The summed E-state index contributed by atoms with van der Waals surface area (Å²) in [5, 5.41) is 9.59. The van der Waals surface area contributed by atoms with Gasteiger partial charge in [0.1, 0.15) is 0 Å². The third-order valence-electron chi connectivity index (χ3n) is 3.17. The van der Waals surface area contributed by atoms with Crippen molar-refractivity contribution in [3.05, 3.63) is 40.4 Å². The number of carboxylic acids is 1. The number of carbonyl (C=O) groups is 1. The minimum atomic E-state index is -0.887. The second-order valence-electron chi connectivity index (χ2n) is 4.67. The molecular weight excluding hydrogens is 324 g/mol. The minimum absolute atomic E-state index is 0.333. The van der Waals surface area contributed by atoms with Gasteiger partial charge in [0, 0.05) is 14.6 Å². The molecule has 0 aromatic heterocycles. The van der Waals surface area contributed by atoms with Crippen molar-refractivity contribution in [1.82, 2.24) is 0 Å². The van der Waals surface area contributed by atoms with Crippen molar-refractivity contribution >= 4 is 33.7 Å². The fourth-order valence-corrected chi connectivity index (χ4v) is 3.72. The summed E-state index contributed by atoms with van der Waals surface area (Å²) >= 11 is 5.03. The van der Waals surface area contributed by atoms with E-state index in [0.717, 1.165) is 11.3 Å². The quantitative estimate of drug-likeness (QED) is 0.775. The first kappa shape index (κ1) is 14.7. The van der Waals surface area contributed by atoms with E-state index in [4.69, 9.17) is 5.11 Å². The summed E-state index contributed by atoms with van der Waals surface area (Å²) in [7, 11) is 0. The Morgan fingerprint density at radius 3 is 2.95 bits per heavy atom. The number of carboxylic acid groups (broad SMARTS) is 1. The van der Waals surface area contributed by atoms with Crippen molar-refractivity contribution < 1.29 is 9.90 Å². The lowest BCUT2D eigenvalue weighted by Crippen LogP contribution is -2.02. The van der Waals surface area contributed by atoms with E-state index in [0.29, 0.717) is 15.3 Å². The zero-order valence-electron chi connectivity index (χ0n) is 10.6. The number of hydrogen-bond acceptors (Lipinski definition) is 2. The molecule has 0 radical (unpaired) electrons. The van der Waals surface area contributed by atoms with Crippen molar-refractivity contribution in [2.24, 2.45) is 0 Å². The highest BCUT2D eigenvalue weighted by Crippen LogP contribution is 2.31. The molecular formula is C15H17BrO2S. The van der Waals surface area contributed by atoms with Crippen LogP contribution < -0.4 is 0 Å². The van der Waals surface area contributed by atoms with Crippen LogP contribution in [-0.2, 0) is 0 Å². The van der Waals surface area contributed by atoms with Crippen LogP contribution in [0.15, 0.2) is 39.7 Å². The van der Waals surface area contributed by atoms with Crippen LogP contribution in [0.2, 0.25) is 0 Å². The molecule has 0 spiro atoms. The smallest absolute Gasteiger partial charge is 0.336 e. The fourth-order valence-electron chi connectivity index (χ4n) is 2.14. The van der Waals surface area contributed by atoms with Crippen LogP contribution in [0.4, 0.5) is 0 Å². The predicted octanol–water partition coefficient (Wildman–Crippen LogP) is 5.13. The Balaban J connectivity index is 2.11. The number of halogens is 1. The molecule has 1 N–H and O–H groups in total. The Morgan fingerprint density at radius 2 is 2.16 bits per heavy atom. The molecule has 2 rings (SSSR count). The molecule has 1 unspecified atom stereocenters. The van der Waals surface area contributed by atoms with Gasteiger partial charge in [-0.15, -0.1) is 11.8 Å². The number of allylic oxidation sites excluding steroid dienone is 1. The summed E-state index contributed by atoms with van der Waals surface area (Å²) in [6, 6.07) is 5.55. The highest BCUT2D eigenvalue weighted by atomic mass is 79.9. The lowest BCUT2D eigenvalue weighted by atomic mass is 10.1. The van der Waals surface area contributed by atoms with E-state index in [-0.39, 0.29) is 0 Å². The zero-order valence-corrected chi connectivity index (χ0v) is 13.0. The monoisotopic (exact) mass is 340 g/mol. The van der Waals surface area contributed by atoms with Gasteiger partial charge in [0.2, 0.25) is 0 Å². The highest BCUT2D eigenvalue weighted by molar-refractivity contribution is 9.10. The molecule has 1 aliphatic rings. The molecule has 2 nitrogen and oxygen atoms in total. The Kier molecular flexibility index (Phi) is 5.52. The van der Waals surface area contributed by atoms with Gasteiger partial charge in [-0.2, -0.15) is 0 Å². The minimum Gasteiger partial charge on any atom is -0.478 e. The lowest BCUT2D eigenvalue weighted by molar-refractivity contribution is 0.0695. The van der Waals surface area contributed by atoms with E-state index in [1.807, 2.05) is 12.1 Å². The van der Waals surface area contributed by atoms with Crippen molar-refractivity contribution in [2.45, 2.75) is 42.2 Å². The molecule has 102 valence electrons. The molecule has 0 saturated heterocycles. The molecule has 1 aromatic carbocycles. The average molecular weight is 341 g/mol. The van der Waals surface area contributed by atoms with E-state index in [1.165, 1.54) is 25.7 Å². The van der Waals surface area contributed by atoms with E-state index >= 15 is 0 Å². The molecule has 4 heteroatoms. The van der Waals surface area contributed by atoms with Crippen molar-refractivity contribution in [2.75, 3.05) is 0 Å². The first-order valence-electron chi connectivity index (χ1n) is 6.53. The van der Waals surface area contributed by atoms with E-state index < -0.39 is 5.97 Å². The largest absolute Gasteiger partial charge is 0.478 e. The third kappa shape index (κ3) is 4.39. The van der Waals surface area contributed by atoms with E-state index in [1.54, 1.807) is 17.8 Å². The number of aromatic carboxylic acids is 1. The molecule has 0 heterocycles. The summed E-state index contributed by atoms with van der Waals surface area (Å²) in [5.41, 5.74) is 0.333. The van der Waals surface area contributed by atoms with Gasteiger partial charge in [-0.25, -0.2) is 4.79 Å². The second kappa shape index (κ2) is 7.15. The maximum Gasteiger partial charge on any atom is 0.336 e. The van der Waals surface area contributed by atoms with Gasteiger partial charge in [0.25, 0.3) is 0 Å². The predicted molar refractivity (Wildman–Crippen MR) is 83.0 cm³/mol. The summed E-state index contributed by atoms with van der Waals surface area (Å²) in [6.07, 6.45) is 10.7. The number of benzene rings is 1. The van der Waals surface area contributed by atoms with Crippen LogP contribution in [0.3, 0.4) is 0 Å². The summed E-state index contributed by atoms with van der Waals surface area (Å²) < 4.78 is 0.637. The fraction of sp³-hybridized carbons (Fsp3) is 0.400. The van der Waals surface area contributed by atoms with Crippen molar-refractivity contribution in [3.63, 3.8) is 0 Å². The number of hydrogen-bond donors (Lipinski definition) is 1. The Morgan fingerprint density at radius 1 is 1.32 bits per heavy atom. The second-order valence-corrected chi connectivity index (χ2v) is 6.84. The maximum absolute atomic E-state index is 11.1. The van der Waals surface area contributed by atoms with Crippen LogP contribution in [0.5, 0.6) is 0 Å². The molecule has 19 heavy (non-hydrogen) atoms. The van der Waals surface area contributed by atoms with Crippen LogP contribution in [0.1, 0.15) is 42.5 Å². The standard InChI is InChI=1S/C15H17BrO2S/c16-14-9-8-12(10-13(14)15(17)18)19-11-6-4-2-1-3-5-7-11/h4,6,8-11H,1-3,5,7H2,(H,17,18)/b6-4+. The highest BCUT2D eigenvalue weighted by Gasteiger charge is 2.13. The van der Waals surface area contributed by atoms with Crippen LogP contribution >= 0.6 is 27.7 Å². The molecule has 0 bridgehead atoms. The van der Waals surface area contributed by atoms with Gasteiger partial charge < -0.3 is 5.11 Å². The Labute approximate surface area is 126 Å². The molecule has 0 saturated carbocycles. The Hall–Kier alpha value is -0.740. The molecule has 1 aliphatic carbocycles. The summed E-state index contributed by atoms with van der Waals surface area (Å²) in [5.74, 6) is -0.887. The zero-order chi connectivity index (χ0) is 13.7. The van der Waals surface area contributed by atoms with Gasteiger partial charge in [0.15, 0.2) is 0 Å². The average Bonchev–Trinajstić information content (AvgIpc) is 2.34. The molecule has 0 aliphatic heterocycles. The summed E-state index contributed by atoms with van der Waals surface area (Å²) in [6.45, 7) is 0. The topological polar surface area (TPSA) is 37.3 Å². The molecule has 0 fully saturated rings. The first-order valence-corrected chi connectivity index (χ1v) is 8.20. The Bertz CT molecular complexity index is 485. The van der Waals surface area contributed by atoms with Gasteiger partial charge in [-0.3, -0.25) is 0 Å². The van der Waals surface area contributed by atoms with Crippen molar-refractivity contribution in [3.8, 4) is 0 Å². The number of rotatable bonds is 3. The van der Waals surface area contributed by atoms with Crippen LogP contribution in [0, 0.1) is 0 Å². The maximum atomic E-state index is 11.1. The van der Waals surface area contributed by atoms with E-state index in [2.05, 4.69) is 28.1 Å².